The lowest BCUT2D eigenvalue weighted by molar-refractivity contribution is 0.584. The average molecular weight is 231 g/mol. The van der Waals surface area contributed by atoms with Crippen molar-refractivity contribution in [2.75, 3.05) is 13.6 Å². The second-order valence-electron chi connectivity index (χ2n) is 3.31. The summed E-state index contributed by atoms with van der Waals surface area (Å²) in [5.41, 5.74) is 0.939. The molecule has 0 aliphatic rings. The van der Waals surface area contributed by atoms with Crippen LogP contribution in [-0.2, 0) is 23.6 Å². The molecule has 0 saturated heterocycles. The van der Waals surface area contributed by atoms with Gasteiger partial charge in [0.25, 0.3) is 0 Å². The molecule has 0 bridgehead atoms. The zero-order valence-corrected chi connectivity index (χ0v) is 10.1. The Balaban J connectivity index is 3.01. The van der Waals surface area contributed by atoms with Crippen LogP contribution in [-0.4, -0.2) is 26.6 Å². The van der Waals surface area contributed by atoms with Crippen molar-refractivity contribution in [1.29, 1.82) is 0 Å². The van der Waals surface area contributed by atoms with Gasteiger partial charge in [0.1, 0.15) is 0 Å². The third-order valence-electron chi connectivity index (χ3n) is 2.09. The van der Waals surface area contributed by atoms with Crippen LogP contribution >= 0.6 is 0 Å². The Morgan fingerprint density at radius 3 is 2.67 bits per heavy atom. The van der Waals surface area contributed by atoms with Crippen LogP contribution in [0.5, 0.6) is 0 Å². The molecule has 1 aromatic rings. The zero-order valence-electron chi connectivity index (χ0n) is 9.24. The van der Waals surface area contributed by atoms with Crippen LogP contribution in [0, 0.1) is 0 Å². The number of sulfonamides is 1. The lowest BCUT2D eigenvalue weighted by atomic mass is 10.4. The van der Waals surface area contributed by atoms with E-state index in [1.54, 1.807) is 23.8 Å². The van der Waals surface area contributed by atoms with Gasteiger partial charge in [-0.1, -0.05) is 6.92 Å². The van der Waals surface area contributed by atoms with Crippen LogP contribution < -0.4 is 10.0 Å². The van der Waals surface area contributed by atoms with Crippen molar-refractivity contribution in [2.45, 2.75) is 18.4 Å². The fourth-order valence-electron chi connectivity index (χ4n) is 1.35. The lowest BCUT2D eigenvalue weighted by Crippen LogP contribution is -2.22. The number of hydrogen-bond acceptors (Lipinski definition) is 3. The van der Waals surface area contributed by atoms with Crippen LogP contribution in [0.4, 0.5) is 0 Å². The predicted molar refractivity (Wildman–Crippen MR) is 59.0 cm³/mol. The Hall–Kier alpha value is -0.850. The molecular weight excluding hydrogens is 214 g/mol. The Labute approximate surface area is 90.5 Å². The first-order valence-corrected chi connectivity index (χ1v) is 6.29. The molecule has 0 saturated carbocycles. The van der Waals surface area contributed by atoms with Gasteiger partial charge in [-0.2, -0.15) is 0 Å². The van der Waals surface area contributed by atoms with Crippen molar-refractivity contribution in [2.24, 2.45) is 7.05 Å². The van der Waals surface area contributed by atoms with Gasteiger partial charge in [-0.3, -0.25) is 0 Å². The minimum Gasteiger partial charge on any atom is -0.352 e. The Morgan fingerprint density at radius 2 is 2.13 bits per heavy atom. The van der Waals surface area contributed by atoms with Crippen molar-refractivity contribution >= 4 is 10.0 Å². The maximum atomic E-state index is 11.7. The van der Waals surface area contributed by atoms with E-state index in [0.717, 1.165) is 5.69 Å². The molecule has 0 amide bonds. The minimum atomic E-state index is -3.33. The van der Waals surface area contributed by atoms with Gasteiger partial charge in [-0.15, -0.1) is 0 Å². The summed E-state index contributed by atoms with van der Waals surface area (Å²) in [5.74, 6) is 0. The van der Waals surface area contributed by atoms with E-state index < -0.39 is 10.0 Å². The summed E-state index contributed by atoms with van der Waals surface area (Å²) >= 11 is 0. The SMILES string of the molecule is CCNS(=O)(=O)c1cc(CNC)n(C)c1. The summed E-state index contributed by atoms with van der Waals surface area (Å²) in [7, 11) is 0.327. The van der Waals surface area contributed by atoms with Crippen molar-refractivity contribution in [3.8, 4) is 0 Å². The van der Waals surface area contributed by atoms with Crippen molar-refractivity contribution in [1.82, 2.24) is 14.6 Å². The molecule has 2 N–H and O–H groups in total. The molecule has 0 atom stereocenters. The molecule has 1 heterocycles. The first kappa shape index (κ1) is 12.2. The summed E-state index contributed by atoms with van der Waals surface area (Å²) in [6.45, 7) is 2.81. The predicted octanol–water partition coefficient (Wildman–Crippen LogP) is 0.0427. The maximum Gasteiger partial charge on any atom is 0.242 e. The van der Waals surface area contributed by atoms with E-state index in [9.17, 15) is 8.42 Å². The van der Waals surface area contributed by atoms with Crippen LogP contribution in [0.3, 0.4) is 0 Å². The molecule has 0 aliphatic carbocycles. The number of aryl methyl sites for hydroxylation is 1. The quantitative estimate of drug-likeness (QED) is 0.752. The van der Waals surface area contributed by atoms with Crippen LogP contribution in [0.1, 0.15) is 12.6 Å². The highest BCUT2D eigenvalue weighted by Gasteiger charge is 2.15. The van der Waals surface area contributed by atoms with Crippen LogP contribution in [0.15, 0.2) is 17.2 Å². The highest BCUT2D eigenvalue weighted by atomic mass is 32.2. The van der Waals surface area contributed by atoms with Crippen molar-refractivity contribution in [3.05, 3.63) is 18.0 Å². The normalized spacial score (nSPS) is 11.9. The molecule has 0 spiro atoms. The molecule has 5 nitrogen and oxygen atoms in total. The van der Waals surface area contributed by atoms with Gasteiger partial charge in [0, 0.05) is 32.0 Å². The largest absolute Gasteiger partial charge is 0.352 e. The maximum absolute atomic E-state index is 11.7. The minimum absolute atomic E-state index is 0.317. The van der Waals surface area contributed by atoms with Gasteiger partial charge in [0.15, 0.2) is 0 Å². The van der Waals surface area contributed by atoms with Gasteiger partial charge in [0.05, 0.1) is 4.90 Å². The molecule has 86 valence electrons. The molecule has 0 aliphatic heterocycles. The summed E-state index contributed by atoms with van der Waals surface area (Å²) in [6.07, 6.45) is 1.62. The summed E-state index contributed by atoms with van der Waals surface area (Å²) < 4.78 is 27.6. The van der Waals surface area contributed by atoms with Crippen LogP contribution in [0.2, 0.25) is 0 Å². The third-order valence-corrected chi connectivity index (χ3v) is 3.60. The number of nitrogens with zero attached hydrogens (tertiary/aromatic N) is 1. The van der Waals surface area contributed by atoms with Gasteiger partial charge in [-0.25, -0.2) is 13.1 Å². The standard InChI is InChI=1S/C9H17N3O2S/c1-4-11-15(13,14)9-5-8(6-10-2)12(3)7-9/h5,7,10-11H,4,6H2,1-3H3. The summed E-state index contributed by atoms with van der Waals surface area (Å²) in [4.78, 5) is 0.317. The average Bonchev–Trinajstić information content (AvgIpc) is 2.49. The first-order chi connectivity index (χ1) is 7.01. The number of aromatic nitrogens is 1. The molecule has 0 radical (unpaired) electrons. The fraction of sp³-hybridized carbons (Fsp3) is 0.556. The van der Waals surface area contributed by atoms with E-state index in [1.165, 1.54) is 0 Å². The Bertz CT molecular complexity index is 423. The van der Waals surface area contributed by atoms with E-state index in [-0.39, 0.29) is 0 Å². The van der Waals surface area contributed by atoms with Gasteiger partial charge in [-0.05, 0) is 13.1 Å². The first-order valence-electron chi connectivity index (χ1n) is 4.80. The number of hydrogen-bond donors (Lipinski definition) is 2. The molecule has 1 rings (SSSR count). The topological polar surface area (TPSA) is 63.1 Å². The highest BCUT2D eigenvalue weighted by Crippen LogP contribution is 2.12. The van der Waals surface area contributed by atoms with E-state index in [2.05, 4.69) is 10.0 Å². The summed E-state index contributed by atoms with van der Waals surface area (Å²) in [6, 6.07) is 1.68. The molecule has 1 aromatic heterocycles. The number of rotatable bonds is 5. The third kappa shape index (κ3) is 2.80. The second kappa shape index (κ2) is 4.78. The van der Waals surface area contributed by atoms with Crippen molar-refractivity contribution < 1.29 is 8.42 Å². The smallest absolute Gasteiger partial charge is 0.242 e. The van der Waals surface area contributed by atoms with E-state index in [4.69, 9.17) is 0 Å². The van der Waals surface area contributed by atoms with Gasteiger partial charge in [0.2, 0.25) is 10.0 Å². The van der Waals surface area contributed by atoms with E-state index in [1.807, 2.05) is 14.1 Å². The monoisotopic (exact) mass is 231 g/mol. The van der Waals surface area contributed by atoms with Crippen LogP contribution in [0.25, 0.3) is 0 Å². The Morgan fingerprint density at radius 1 is 1.47 bits per heavy atom. The molecular formula is C9H17N3O2S. The molecule has 6 heteroatoms. The summed E-state index contributed by atoms with van der Waals surface area (Å²) in [5, 5.41) is 2.99. The van der Waals surface area contributed by atoms with E-state index >= 15 is 0 Å². The van der Waals surface area contributed by atoms with Crippen molar-refractivity contribution in [3.63, 3.8) is 0 Å². The molecule has 0 aromatic carbocycles. The lowest BCUT2D eigenvalue weighted by Gasteiger charge is -1.99. The zero-order chi connectivity index (χ0) is 11.5. The van der Waals surface area contributed by atoms with Gasteiger partial charge >= 0.3 is 0 Å². The van der Waals surface area contributed by atoms with Gasteiger partial charge < -0.3 is 9.88 Å². The second-order valence-corrected chi connectivity index (χ2v) is 5.08. The number of nitrogens with one attached hydrogen (secondary N) is 2. The Kier molecular flexibility index (Phi) is 3.90. The highest BCUT2D eigenvalue weighted by molar-refractivity contribution is 7.89. The molecule has 0 fully saturated rings. The van der Waals surface area contributed by atoms with E-state index in [0.29, 0.717) is 18.0 Å². The molecule has 0 unspecified atom stereocenters. The molecule has 15 heavy (non-hydrogen) atoms. The fourth-order valence-corrected chi connectivity index (χ4v) is 2.49.